The van der Waals surface area contributed by atoms with E-state index in [1.54, 1.807) is 19.9 Å². The summed E-state index contributed by atoms with van der Waals surface area (Å²) in [6.45, 7) is 3.50. The molecule has 0 saturated carbocycles. The second kappa shape index (κ2) is 5.35. The first-order valence-corrected chi connectivity index (χ1v) is 7.57. The van der Waals surface area contributed by atoms with Crippen LogP contribution in [0.5, 0.6) is 0 Å². The number of rotatable bonds is 6. The molecule has 0 unspecified atom stereocenters. The Morgan fingerprint density at radius 2 is 2.06 bits per heavy atom. The third-order valence-corrected chi connectivity index (χ3v) is 5.43. The van der Waals surface area contributed by atoms with E-state index < -0.39 is 21.5 Å². The fourth-order valence-electron chi connectivity index (χ4n) is 1.50. The standard InChI is InChI=1S/C10H17N3O3S2/c1-10(2,5-8(12)14)13-18(15,16)9-4-3-7(6-11)17-9/h3-4,13H,5-6,11H2,1-2H3,(H2,12,14). The molecule has 0 aliphatic carbocycles. The molecular weight excluding hydrogens is 274 g/mol. The number of nitrogens with two attached hydrogens (primary N) is 2. The van der Waals surface area contributed by atoms with Crippen LogP contribution in [0.2, 0.25) is 0 Å². The number of carbonyl (C=O) groups is 1. The van der Waals surface area contributed by atoms with E-state index in [0.29, 0.717) is 6.54 Å². The zero-order valence-corrected chi connectivity index (χ0v) is 11.9. The Labute approximate surface area is 110 Å². The van der Waals surface area contributed by atoms with Crippen LogP contribution in [0, 0.1) is 0 Å². The molecule has 0 atom stereocenters. The molecule has 0 aliphatic rings. The lowest BCUT2D eigenvalue weighted by Gasteiger charge is -2.23. The molecule has 1 heterocycles. The van der Waals surface area contributed by atoms with Gasteiger partial charge in [-0.3, -0.25) is 4.79 Å². The van der Waals surface area contributed by atoms with Gasteiger partial charge in [-0.15, -0.1) is 11.3 Å². The third kappa shape index (κ3) is 4.05. The molecule has 102 valence electrons. The van der Waals surface area contributed by atoms with Crippen molar-refractivity contribution in [2.45, 2.75) is 36.6 Å². The first kappa shape index (κ1) is 15.1. The highest BCUT2D eigenvalue weighted by molar-refractivity contribution is 7.91. The van der Waals surface area contributed by atoms with Crippen molar-refractivity contribution in [2.24, 2.45) is 11.5 Å². The summed E-state index contributed by atoms with van der Waals surface area (Å²) >= 11 is 1.11. The van der Waals surface area contributed by atoms with Crippen LogP contribution in [0.1, 0.15) is 25.1 Å². The van der Waals surface area contributed by atoms with Gasteiger partial charge in [0.2, 0.25) is 5.91 Å². The van der Waals surface area contributed by atoms with Crippen molar-refractivity contribution in [3.05, 3.63) is 17.0 Å². The van der Waals surface area contributed by atoms with E-state index in [1.165, 1.54) is 6.07 Å². The van der Waals surface area contributed by atoms with Gasteiger partial charge in [0.1, 0.15) is 4.21 Å². The number of primary amides is 1. The van der Waals surface area contributed by atoms with Crippen LogP contribution >= 0.6 is 11.3 Å². The van der Waals surface area contributed by atoms with E-state index in [-0.39, 0.29) is 10.6 Å². The Morgan fingerprint density at radius 1 is 1.44 bits per heavy atom. The lowest BCUT2D eigenvalue weighted by molar-refractivity contribution is -0.119. The molecule has 8 heteroatoms. The number of hydrogen-bond donors (Lipinski definition) is 3. The molecule has 0 aromatic carbocycles. The number of carbonyl (C=O) groups excluding carboxylic acids is 1. The minimum atomic E-state index is -3.65. The maximum absolute atomic E-state index is 12.1. The zero-order chi connectivity index (χ0) is 14.0. The molecule has 0 saturated heterocycles. The van der Waals surface area contributed by atoms with E-state index in [9.17, 15) is 13.2 Å². The molecule has 0 radical (unpaired) electrons. The summed E-state index contributed by atoms with van der Waals surface area (Å²) in [5, 5.41) is 0. The fourth-order valence-corrected chi connectivity index (χ4v) is 4.14. The van der Waals surface area contributed by atoms with Gasteiger partial charge in [-0.25, -0.2) is 13.1 Å². The number of hydrogen-bond acceptors (Lipinski definition) is 5. The number of nitrogens with one attached hydrogen (secondary N) is 1. The van der Waals surface area contributed by atoms with Crippen molar-refractivity contribution in [1.29, 1.82) is 0 Å². The average molecular weight is 291 g/mol. The molecule has 0 spiro atoms. The van der Waals surface area contributed by atoms with Gasteiger partial charge in [-0.2, -0.15) is 0 Å². The van der Waals surface area contributed by atoms with Crippen molar-refractivity contribution in [1.82, 2.24) is 4.72 Å². The molecule has 1 aromatic heterocycles. The maximum atomic E-state index is 12.1. The van der Waals surface area contributed by atoms with Gasteiger partial charge in [0.15, 0.2) is 0 Å². The third-order valence-electron chi connectivity index (χ3n) is 2.13. The second-order valence-corrected chi connectivity index (χ2v) is 7.63. The summed E-state index contributed by atoms with van der Waals surface area (Å²) in [5.74, 6) is -0.559. The van der Waals surface area contributed by atoms with Gasteiger partial charge in [0, 0.05) is 23.4 Å². The van der Waals surface area contributed by atoms with Crippen LogP contribution in [0.25, 0.3) is 0 Å². The Balaban J connectivity index is 2.91. The van der Waals surface area contributed by atoms with Gasteiger partial charge in [0.25, 0.3) is 10.0 Å². The predicted octanol–water partition coefficient (Wildman–Crippen LogP) is 0.139. The first-order chi connectivity index (χ1) is 8.16. The SMILES string of the molecule is CC(C)(CC(N)=O)NS(=O)(=O)c1ccc(CN)s1. The summed E-state index contributed by atoms with van der Waals surface area (Å²) < 4.78 is 26.8. The van der Waals surface area contributed by atoms with E-state index >= 15 is 0 Å². The highest BCUT2D eigenvalue weighted by Crippen LogP contribution is 2.23. The first-order valence-electron chi connectivity index (χ1n) is 5.27. The highest BCUT2D eigenvalue weighted by Gasteiger charge is 2.28. The Kier molecular flexibility index (Phi) is 4.49. The quantitative estimate of drug-likeness (QED) is 0.691. The molecule has 18 heavy (non-hydrogen) atoms. The van der Waals surface area contributed by atoms with E-state index in [2.05, 4.69) is 4.72 Å². The van der Waals surface area contributed by atoms with E-state index in [0.717, 1.165) is 16.2 Å². The Hall–Kier alpha value is -0.960. The second-order valence-electron chi connectivity index (χ2n) is 4.56. The van der Waals surface area contributed by atoms with Crippen LogP contribution in [-0.4, -0.2) is 19.9 Å². The van der Waals surface area contributed by atoms with Crippen LogP contribution in [0.15, 0.2) is 16.3 Å². The number of amides is 1. The van der Waals surface area contributed by atoms with Gasteiger partial charge < -0.3 is 11.5 Å². The van der Waals surface area contributed by atoms with Crippen molar-refractivity contribution in [3.63, 3.8) is 0 Å². The molecule has 0 fully saturated rings. The topological polar surface area (TPSA) is 115 Å². The minimum Gasteiger partial charge on any atom is -0.370 e. The van der Waals surface area contributed by atoms with Crippen LogP contribution < -0.4 is 16.2 Å². The lowest BCUT2D eigenvalue weighted by Crippen LogP contribution is -2.45. The molecule has 1 aromatic rings. The van der Waals surface area contributed by atoms with Gasteiger partial charge >= 0.3 is 0 Å². The lowest BCUT2D eigenvalue weighted by atomic mass is 10.0. The van der Waals surface area contributed by atoms with Gasteiger partial charge in [-0.1, -0.05) is 0 Å². The van der Waals surface area contributed by atoms with Crippen LogP contribution in [0.3, 0.4) is 0 Å². The summed E-state index contributed by atoms with van der Waals surface area (Å²) in [4.78, 5) is 11.6. The summed E-state index contributed by atoms with van der Waals surface area (Å²) in [5.41, 5.74) is 9.59. The van der Waals surface area contributed by atoms with Crippen molar-refractivity contribution in [3.8, 4) is 0 Å². The van der Waals surface area contributed by atoms with E-state index in [4.69, 9.17) is 11.5 Å². The number of thiophene rings is 1. The molecular formula is C10H17N3O3S2. The highest BCUT2D eigenvalue weighted by atomic mass is 32.2. The van der Waals surface area contributed by atoms with Crippen LogP contribution in [0.4, 0.5) is 0 Å². The summed E-state index contributed by atoms with van der Waals surface area (Å²) in [6, 6.07) is 3.16. The maximum Gasteiger partial charge on any atom is 0.250 e. The van der Waals surface area contributed by atoms with Gasteiger partial charge in [0.05, 0.1) is 0 Å². The fraction of sp³-hybridized carbons (Fsp3) is 0.500. The molecule has 1 amide bonds. The van der Waals surface area contributed by atoms with Crippen molar-refractivity contribution < 1.29 is 13.2 Å². The molecule has 1 rings (SSSR count). The molecule has 6 nitrogen and oxygen atoms in total. The van der Waals surface area contributed by atoms with Gasteiger partial charge in [-0.05, 0) is 26.0 Å². The molecule has 5 N–H and O–H groups in total. The summed E-state index contributed by atoms with van der Waals surface area (Å²) in [6.07, 6.45) is -0.0681. The van der Waals surface area contributed by atoms with Crippen molar-refractivity contribution in [2.75, 3.05) is 0 Å². The Morgan fingerprint density at radius 3 is 2.50 bits per heavy atom. The van der Waals surface area contributed by atoms with Crippen molar-refractivity contribution >= 4 is 27.3 Å². The normalized spacial score (nSPS) is 12.6. The molecule has 0 bridgehead atoms. The average Bonchev–Trinajstić information content (AvgIpc) is 2.61. The molecule has 0 aliphatic heterocycles. The minimum absolute atomic E-state index is 0.0681. The Bertz CT molecular complexity index is 534. The largest absolute Gasteiger partial charge is 0.370 e. The summed E-state index contributed by atoms with van der Waals surface area (Å²) in [7, 11) is -3.65. The predicted molar refractivity (Wildman–Crippen MR) is 70.4 cm³/mol. The smallest absolute Gasteiger partial charge is 0.250 e. The zero-order valence-electron chi connectivity index (χ0n) is 10.3. The number of sulfonamides is 1. The van der Waals surface area contributed by atoms with Crippen LogP contribution in [-0.2, 0) is 21.4 Å². The van der Waals surface area contributed by atoms with E-state index in [1.807, 2.05) is 0 Å². The monoisotopic (exact) mass is 291 g/mol.